The van der Waals surface area contributed by atoms with E-state index < -0.39 is 0 Å². The molecule has 2 heterocycles. The normalized spacial score (nSPS) is 22.2. The number of nitrogens with one attached hydrogen (secondary N) is 1. The maximum absolute atomic E-state index is 4.44. The van der Waals surface area contributed by atoms with E-state index in [1.54, 1.807) is 0 Å². The van der Waals surface area contributed by atoms with E-state index in [0.717, 1.165) is 19.4 Å². The summed E-state index contributed by atoms with van der Waals surface area (Å²) in [5.41, 5.74) is 4.27. The zero-order valence-electron chi connectivity index (χ0n) is 11.1. The molecule has 3 heteroatoms. The number of aromatic amines is 1. The summed E-state index contributed by atoms with van der Waals surface area (Å²) in [6, 6.07) is 0.584. The molecule has 1 N–H and O–H groups in total. The molecule has 2 rings (SSSR count). The minimum Gasteiger partial charge on any atom is -0.291 e. The minimum absolute atomic E-state index is 0.236. The zero-order valence-corrected chi connectivity index (χ0v) is 11.1. The van der Waals surface area contributed by atoms with Crippen LogP contribution in [0.25, 0.3) is 0 Å². The lowest BCUT2D eigenvalue weighted by Crippen LogP contribution is -2.49. The van der Waals surface area contributed by atoms with Crippen LogP contribution in [0.5, 0.6) is 0 Å². The second-order valence-corrected chi connectivity index (χ2v) is 5.83. The van der Waals surface area contributed by atoms with Gasteiger partial charge in [-0.05, 0) is 34.1 Å². The standard InChI is InChI=1S/C13H23N3/c1-6-11-10-8-16(13(3,4)5)9(2)7-12(10)15-14-11/h9H,6-8H2,1-5H3,(H,14,15). The largest absolute Gasteiger partial charge is 0.291 e. The molecule has 0 saturated heterocycles. The Balaban J connectivity index is 2.32. The highest BCUT2D eigenvalue weighted by atomic mass is 15.2. The molecule has 1 aromatic rings. The highest BCUT2D eigenvalue weighted by molar-refractivity contribution is 5.28. The van der Waals surface area contributed by atoms with Crippen LogP contribution in [0.4, 0.5) is 0 Å². The van der Waals surface area contributed by atoms with Crippen molar-refractivity contribution in [2.45, 2.75) is 65.6 Å². The molecule has 1 atom stereocenters. The van der Waals surface area contributed by atoms with Crippen LogP contribution in [0.1, 0.15) is 51.6 Å². The number of aryl methyl sites for hydroxylation is 1. The molecule has 0 radical (unpaired) electrons. The van der Waals surface area contributed by atoms with Crippen LogP contribution >= 0.6 is 0 Å². The summed E-state index contributed by atoms with van der Waals surface area (Å²) in [4.78, 5) is 2.57. The summed E-state index contributed by atoms with van der Waals surface area (Å²) in [6.07, 6.45) is 2.12. The Morgan fingerprint density at radius 2 is 2.12 bits per heavy atom. The molecular weight excluding hydrogens is 198 g/mol. The number of fused-ring (bicyclic) bond motifs is 1. The van der Waals surface area contributed by atoms with Crippen LogP contribution in [0.3, 0.4) is 0 Å². The lowest BCUT2D eigenvalue weighted by atomic mass is 9.93. The number of rotatable bonds is 1. The van der Waals surface area contributed by atoms with Crippen molar-refractivity contribution in [1.29, 1.82) is 0 Å². The molecule has 0 aliphatic carbocycles. The van der Waals surface area contributed by atoms with Gasteiger partial charge in [-0.25, -0.2) is 0 Å². The smallest absolute Gasteiger partial charge is 0.0685 e. The van der Waals surface area contributed by atoms with Gasteiger partial charge in [-0.3, -0.25) is 10.00 Å². The molecule has 90 valence electrons. The monoisotopic (exact) mass is 221 g/mol. The Bertz CT molecular complexity index is 373. The Kier molecular flexibility index (Phi) is 2.82. The van der Waals surface area contributed by atoms with E-state index >= 15 is 0 Å². The summed E-state index contributed by atoms with van der Waals surface area (Å²) in [5.74, 6) is 0. The van der Waals surface area contributed by atoms with Crippen molar-refractivity contribution in [2.75, 3.05) is 0 Å². The van der Waals surface area contributed by atoms with Gasteiger partial charge in [0, 0.05) is 35.8 Å². The average molecular weight is 221 g/mol. The first kappa shape index (κ1) is 11.6. The Morgan fingerprint density at radius 3 is 2.69 bits per heavy atom. The van der Waals surface area contributed by atoms with Crippen LogP contribution < -0.4 is 0 Å². The molecule has 16 heavy (non-hydrogen) atoms. The average Bonchev–Trinajstić information content (AvgIpc) is 2.56. The fourth-order valence-electron chi connectivity index (χ4n) is 2.71. The molecular formula is C13H23N3. The zero-order chi connectivity index (χ0) is 11.9. The van der Waals surface area contributed by atoms with Gasteiger partial charge in [0.25, 0.3) is 0 Å². The Labute approximate surface area is 98.2 Å². The molecule has 0 spiro atoms. The first-order chi connectivity index (χ1) is 7.43. The first-order valence-corrected chi connectivity index (χ1v) is 6.25. The van der Waals surface area contributed by atoms with Gasteiger partial charge in [-0.2, -0.15) is 5.10 Å². The summed E-state index contributed by atoms with van der Waals surface area (Å²) >= 11 is 0. The van der Waals surface area contributed by atoms with Crippen LogP contribution in [0, 0.1) is 0 Å². The number of nitrogens with zero attached hydrogens (tertiary/aromatic N) is 2. The fourth-order valence-corrected chi connectivity index (χ4v) is 2.71. The minimum atomic E-state index is 0.236. The third-order valence-corrected chi connectivity index (χ3v) is 3.60. The van der Waals surface area contributed by atoms with Crippen molar-refractivity contribution >= 4 is 0 Å². The molecule has 0 saturated carbocycles. The summed E-state index contributed by atoms with van der Waals surface area (Å²) in [5, 5.41) is 7.62. The van der Waals surface area contributed by atoms with Crippen molar-refractivity contribution in [2.24, 2.45) is 0 Å². The molecule has 1 aromatic heterocycles. The highest BCUT2D eigenvalue weighted by Crippen LogP contribution is 2.29. The highest BCUT2D eigenvalue weighted by Gasteiger charge is 2.33. The van der Waals surface area contributed by atoms with Gasteiger partial charge in [0.15, 0.2) is 0 Å². The lowest BCUT2D eigenvalue weighted by molar-refractivity contribution is 0.0712. The van der Waals surface area contributed by atoms with Crippen LogP contribution in [-0.2, 0) is 19.4 Å². The van der Waals surface area contributed by atoms with Crippen molar-refractivity contribution in [3.8, 4) is 0 Å². The Hall–Kier alpha value is -0.830. The van der Waals surface area contributed by atoms with Crippen LogP contribution in [0.2, 0.25) is 0 Å². The third-order valence-electron chi connectivity index (χ3n) is 3.60. The second-order valence-electron chi connectivity index (χ2n) is 5.83. The van der Waals surface area contributed by atoms with E-state index in [0.29, 0.717) is 6.04 Å². The molecule has 0 fully saturated rings. The molecule has 0 aromatic carbocycles. The van der Waals surface area contributed by atoms with Gasteiger partial charge in [0.05, 0.1) is 5.69 Å². The van der Waals surface area contributed by atoms with Gasteiger partial charge < -0.3 is 0 Å². The van der Waals surface area contributed by atoms with E-state index in [2.05, 4.69) is 49.7 Å². The molecule has 0 bridgehead atoms. The van der Waals surface area contributed by atoms with Gasteiger partial charge in [0.2, 0.25) is 0 Å². The molecule has 3 nitrogen and oxygen atoms in total. The molecule has 1 aliphatic heterocycles. The Morgan fingerprint density at radius 1 is 1.44 bits per heavy atom. The predicted molar refractivity (Wildman–Crippen MR) is 66.4 cm³/mol. The number of hydrogen-bond donors (Lipinski definition) is 1. The predicted octanol–water partition coefficient (Wildman–Crippen LogP) is 2.52. The van der Waals surface area contributed by atoms with Gasteiger partial charge in [-0.1, -0.05) is 6.92 Å². The third kappa shape index (κ3) is 1.88. The number of H-pyrrole nitrogens is 1. The number of aromatic nitrogens is 2. The van der Waals surface area contributed by atoms with Crippen LogP contribution in [-0.4, -0.2) is 26.7 Å². The van der Waals surface area contributed by atoms with Crippen molar-refractivity contribution < 1.29 is 0 Å². The topological polar surface area (TPSA) is 31.9 Å². The summed E-state index contributed by atoms with van der Waals surface area (Å²) in [7, 11) is 0. The molecule has 0 amide bonds. The van der Waals surface area contributed by atoms with E-state index in [-0.39, 0.29) is 5.54 Å². The maximum atomic E-state index is 4.44. The van der Waals surface area contributed by atoms with Crippen molar-refractivity contribution in [1.82, 2.24) is 15.1 Å². The van der Waals surface area contributed by atoms with Crippen LogP contribution in [0.15, 0.2) is 0 Å². The summed E-state index contributed by atoms with van der Waals surface area (Å²) < 4.78 is 0. The summed E-state index contributed by atoms with van der Waals surface area (Å²) in [6.45, 7) is 12.4. The fraction of sp³-hybridized carbons (Fsp3) is 0.769. The molecule has 1 unspecified atom stereocenters. The lowest BCUT2D eigenvalue weighted by Gasteiger charge is -2.43. The van der Waals surface area contributed by atoms with E-state index in [9.17, 15) is 0 Å². The van der Waals surface area contributed by atoms with E-state index in [1.165, 1.54) is 17.0 Å². The second kappa shape index (κ2) is 3.88. The van der Waals surface area contributed by atoms with Gasteiger partial charge in [0.1, 0.15) is 0 Å². The SMILES string of the molecule is CCc1[nH]nc2c1CN(C(C)(C)C)C(C)C2. The molecule has 1 aliphatic rings. The van der Waals surface area contributed by atoms with E-state index in [1.807, 2.05) is 0 Å². The van der Waals surface area contributed by atoms with Gasteiger partial charge >= 0.3 is 0 Å². The van der Waals surface area contributed by atoms with Crippen molar-refractivity contribution in [3.05, 3.63) is 17.0 Å². The first-order valence-electron chi connectivity index (χ1n) is 6.25. The quantitative estimate of drug-likeness (QED) is 0.790. The number of hydrogen-bond acceptors (Lipinski definition) is 2. The van der Waals surface area contributed by atoms with Gasteiger partial charge in [-0.15, -0.1) is 0 Å². The van der Waals surface area contributed by atoms with E-state index in [4.69, 9.17) is 0 Å². The maximum Gasteiger partial charge on any atom is 0.0685 e. The van der Waals surface area contributed by atoms with Crippen molar-refractivity contribution in [3.63, 3.8) is 0 Å².